The van der Waals surface area contributed by atoms with Gasteiger partial charge in [-0.3, -0.25) is 4.90 Å². The minimum Gasteiger partial charge on any atom is -0.495 e. The summed E-state index contributed by atoms with van der Waals surface area (Å²) >= 11 is 0. The van der Waals surface area contributed by atoms with Crippen molar-refractivity contribution in [1.82, 2.24) is 19.5 Å². The Balaban J connectivity index is 1.19. The smallest absolute Gasteiger partial charge is 0.175 e. The maximum Gasteiger partial charge on any atom is 0.175 e. The zero-order valence-corrected chi connectivity index (χ0v) is 21.4. The van der Waals surface area contributed by atoms with Crippen LogP contribution in [-0.2, 0) is 16.4 Å². The predicted octanol–water partition coefficient (Wildman–Crippen LogP) is 3.14. The number of fused-ring (bicyclic) bond motifs is 3. The van der Waals surface area contributed by atoms with E-state index in [-0.39, 0.29) is 0 Å². The molecule has 0 N–H and O–H groups in total. The SMILES string of the molecule is COc1cc(-c2ccc(N3CC4CC(C3)N4Cc3cccc(S(C)(=O)=O)c3)nc2)c2c(C#N)cnn2c1. The van der Waals surface area contributed by atoms with Gasteiger partial charge in [0.05, 0.1) is 35.5 Å². The quantitative estimate of drug-likeness (QED) is 0.387. The number of aromatic nitrogens is 3. The lowest BCUT2D eigenvalue weighted by atomic mass is 9.86. The molecule has 0 saturated carbocycles. The monoisotopic (exact) mass is 514 g/mol. The van der Waals surface area contributed by atoms with Crippen LogP contribution >= 0.6 is 0 Å². The van der Waals surface area contributed by atoms with Crippen molar-refractivity contribution in [1.29, 1.82) is 5.26 Å². The summed E-state index contributed by atoms with van der Waals surface area (Å²) in [5, 5.41) is 13.8. The zero-order chi connectivity index (χ0) is 25.7. The third-order valence-electron chi connectivity index (χ3n) is 7.36. The van der Waals surface area contributed by atoms with Crippen LogP contribution in [0.25, 0.3) is 16.6 Å². The first-order valence-corrected chi connectivity index (χ1v) is 13.9. The first-order valence-electron chi connectivity index (χ1n) is 12.1. The van der Waals surface area contributed by atoms with Crippen LogP contribution in [0, 0.1) is 11.3 Å². The highest BCUT2D eigenvalue weighted by atomic mass is 32.2. The van der Waals surface area contributed by atoms with E-state index < -0.39 is 9.84 Å². The zero-order valence-electron chi connectivity index (χ0n) is 20.6. The van der Waals surface area contributed by atoms with Gasteiger partial charge < -0.3 is 9.64 Å². The Bertz CT molecular complexity index is 1630. The molecule has 3 fully saturated rings. The van der Waals surface area contributed by atoms with Crippen molar-refractivity contribution in [3.63, 3.8) is 0 Å². The molecule has 7 rings (SSSR count). The highest BCUT2D eigenvalue weighted by molar-refractivity contribution is 7.90. The Morgan fingerprint density at radius 3 is 2.62 bits per heavy atom. The second-order valence-corrected chi connectivity index (χ2v) is 11.7. The number of hydrogen-bond acceptors (Lipinski definition) is 8. The fraction of sp³-hybridized carbons (Fsp3) is 0.296. The Hall–Kier alpha value is -3.94. The van der Waals surface area contributed by atoms with Gasteiger partial charge >= 0.3 is 0 Å². The van der Waals surface area contributed by atoms with Gasteiger partial charge in [0.1, 0.15) is 17.6 Å². The molecule has 9 nitrogen and oxygen atoms in total. The van der Waals surface area contributed by atoms with Gasteiger partial charge in [0.15, 0.2) is 9.84 Å². The third kappa shape index (κ3) is 4.20. The van der Waals surface area contributed by atoms with Gasteiger partial charge in [0.2, 0.25) is 0 Å². The molecule has 3 aromatic heterocycles. The van der Waals surface area contributed by atoms with Crippen LogP contribution in [0.15, 0.2) is 66.0 Å². The van der Waals surface area contributed by atoms with E-state index in [0.29, 0.717) is 28.3 Å². The summed E-state index contributed by atoms with van der Waals surface area (Å²) in [4.78, 5) is 9.91. The highest BCUT2D eigenvalue weighted by Crippen LogP contribution is 2.36. The minimum atomic E-state index is -3.22. The van der Waals surface area contributed by atoms with Crippen LogP contribution in [-0.4, -0.2) is 66.5 Å². The third-order valence-corrected chi connectivity index (χ3v) is 8.47. The van der Waals surface area contributed by atoms with Crippen molar-refractivity contribution in [3.8, 4) is 22.9 Å². The molecule has 2 atom stereocenters. The number of benzene rings is 1. The molecule has 4 aromatic rings. The van der Waals surface area contributed by atoms with Gasteiger partial charge in [0.25, 0.3) is 0 Å². The number of piperazine rings is 1. The molecule has 10 heteroatoms. The fourth-order valence-electron chi connectivity index (χ4n) is 5.46. The molecule has 0 amide bonds. The van der Waals surface area contributed by atoms with Gasteiger partial charge in [-0.25, -0.2) is 17.9 Å². The molecule has 2 bridgehead atoms. The summed E-state index contributed by atoms with van der Waals surface area (Å²) in [6.07, 6.45) is 7.54. The number of anilines is 1. The standard InChI is InChI=1S/C27H26N6O3S/c1-36-23-10-25(27-20(11-28)13-30-33(27)17-23)19-6-7-26(29-12-19)31-15-21-9-22(16-31)32(21)14-18-4-3-5-24(8-18)37(2,34)35/h3-8,10,12-13,17,21-22H,9,14-16H2,1-2H3. The summed E-state index contributed by atoms with van der Waals surface area (Å²) in [5.41, 5.74) is 3.98. The second-order valence-electron chi connectivity index (χ2n) is 9.70. The number of rotatable bonds is 6. The van der Waals surface area contributed by atoms with Crippen LogP contribution < -0.4 is 9.64 Å². The van der Waals surface area contributed by atoms with E-state index in [2.05, 4.69) is 21.0 Å². The number of nitrogens with zero attached hydrogens (tertiary/aromatic N) is 6. The van der Waals surface area contributed by atoms with Crippen LogP contribution in [0.1, 0.15) is 17.5 Å². The lowest BCUT2D eigenvalue weighted by Gasteiger charge is -2.56. The van der Waals surface area contributed by atoms with Crippen molar-refractivity contribution in [2.45, 2.75) is 29.9 Å². The molecule has 2 unspecified atom stereocenters. The van der Waals surface area contributed by atoms with Gasteiger partial charge in [-0.2, -0.15) is 10.4 Å². The molecule has 0 radical (unpaired) electrons. The Morgan fingerprint density at radius 2 is 1.95 bits per heavy atom. The van der Waals surface area contributed by atoms with Crippen LogP contribution in [0.4, 0.5) is 5.82 Å². The maximum absolute atomic E-state index is 11.9. The summed E-state index contributed by atoms with van der Waals surface area (Å²) in [7, 11) is -1.61. The number of methoxy groups -OCH3 is 1. The molecule has 3 saturated heterocycles. The number of pyridine rings is 2. The van der Waals surface area contributed by atoms with Crippen molar-refractivity contribution < 1.29 is 13.2 Å². The molecular weight excluding hydrogens is 488 g/mol. The average molecular weight is 515 g/mol. The Kier molecular flexibility index (Phi) is 5.62. The van der Waals surface area contributed by atoms with E-state index >= 15 is 0 Å². The number of piperidine rings is 1. The Labute approximate surface area is 215 Å². The van der Waals surface area contributed by atoms with Crippen LogP contribution in [0.3, 0.4) is 0 Å². The summed E-state index contributed by atoms with van der Waals surface area (Å²) in [6.45, 7) is 2.50. The lowest BCUT2D eigenvalue weighted by Crippen LogP contribution is -2.68. The lowest BCUT2D eigenvalue weighted by molar-refractivity contribution is -0.00872. The van der Waals surface area contributed by atoms with Gasteiger partial charge in [-0.05, 0) is 42.3 Å². The summed E-state index contributed by atoms with van der Waals surface area (Å²) in [5.74, 6) is 1.57. The Morgan fingerprint density at radius 1 is 1.14 bits per heavy atom. The van der Waals surface area contributed by atoms with Gasteiger partial charge in [-0.1, -0.05) is 12.1 Å². The van der Waals surface area contributed by atoms with E-state index in [1.165, 1.54) is 6.26 Å². The molecule has 3 aliphatic heterocycles. The molecule has 1 aromatic carbocycles. The highest BCUT2D eigenvalue weighted by Gasteiger charge is 2.44. The number of hydrogen-bond donors (Lipinski definition) is 0. The van der Waals surface area contributed by atoms with Crippen molar-refractivity contribution >= 4 is 21.2 Å². The molecule has 188 valence electrons. The first-order chi connectivity index (χ1) is 17.8. The van der Waals surface area contributed by atoms with Crippen LogP contribution in [0.5, 0.6) is 5.75 Å². The average Bonchev–Trinajstić information content (AvgIpc) is 3.34. The molecule has 0 aliphatic carbocycles. The van der Waals surface area contributed by atoms with Gasteiger partial charge in [-0.15, -0.1) is 0 Å². The van der Waals surface area contributed by atoms with E-state index in [1.807, 2.05) is 36.5 Å². The minimum absolute atomic E-state index is 0.368. The van der Waals surface area contributed by atoms with Crippen molar-refractivity contribution in [3.05, 3.63) is 72.2 Å². The molecular formula is C27H26N6O3S. The second kappa shape index (κ2) is 8.87. The van der Waals surface area contributed by atoms with E-state index in [9.17, 15) is 13.7 Å². The molecule has 37 heavy (non-hydrogen) atoms. The maximum atomic E-state index is 11.9. The largest absolute Gasteiger partial charge is 0.495 e. The number of ether oxygens (including phenoxy) is 1. The van der Waals surface area contributed by atoms with E-state index in [4.69, 9.17) is 9.72 Å². The summed E-state index contributed by atoms with van der Waals surface area (Å²) < 4.78 is 31.0. The van der Waals surface area contributed by atoms with Crippen LogP contribution in [0.2, 0.25) is 0 Å². The summed E-state index contributed by atoms with van der Waals surface area (Å²) in [6, 6.07) is 16.2. The molecule has 0 spiro atoms. The van der Waals surface area contributed by atoms with Crippen molar-refractivity contribution in [2.24, 2.45) is 0 Å². The molecule has 3 aliphatic rings. The van der Waals surface area contributed by atoms with Crippen molar-refractivity contribution in [2.75, 3.05) is 31.4 Å². The molecule has 6 heterocycles. The fourth-order valence-corrected chi connectivity index (χ4v) is 6.15. The van der Waals surface area contributed by atoms with E-state index in [1.54, 1.807) is 36.2 Å². The normalized spacial score (nSPS) is 19.4. The topological polar surface area (TPSA) is 104 Å². The number of nitriles is 1. The first kappa shape index (κ1) is 23.5. The predicted molar refractivity (Wildman–Crippen MR) is 139 cm³/mol. The van der Waals surface area contributed by atoms with E-state index in [0.717, 1.165) is 54.1 Å². The number of sulfone groups is 1. The van der Waals surface area contributed by atoms with Gasteiger partial charge in [0, 0.05) is 55.3 Å².